The van der Waals surface area contributed by atoms with E-state index in [9.17, 15) is 4.79 Å². The van der Waals surface area contributed by atoms with Crippen LogP contribution in [0.2, 0.25) is 0 Å². The van der Waals surface area contributed by atoms with Crippen molar-refractivity contribution in [3.8, 4) is 0 Å². The van der Waals surface area contributed by atoms with Crippen LogP contribution in [0.4, 0.5) is 0 Å². The molecule has 164 valence electrons. The molecule has 0 bridgehead atoms. The number of nitrogens with one attached hydrogen (secondary N) is 2. The highest BCUT2D eigenvalue weighted by Gasteiger charge is 2.40. The van der Waals surface area contributed by atoms with Crippen molar-refractivity contribution in [1.82, 2.24) is 15.5 Å². The average Bonchev–Trinajstić information content (AvgIpc) is 3.12. The molecule has 3 unspecified atom stereocenters. The number of morpholine rings is 1. The van der Waals surface area contributed by atoms with Gasteiger partial charge in [-0.05, 0) is 38.0 Å². The van der Waals surface area contributed by atoms with Gasteiger partial charge in [-0.3, -0.25) is 9.69 Å². The van der Waals surface area contributed by atoms with E-state index in [1.807, 2.05) is 0 Å². The third kappa shape index (κ3) is 5.98. The van der Waals surface area contributed by atoms with Crippen molar-refractivity contribution in [3.05, 3.63) is 0 Å². The van der Waals surface area contributed by atoms with Gasteiger partial charge >= 0.3 is 0 Å². The Labute approximate surface area is 182 Å². The van der Waals surface area contributed by atoms with Gasteiger partial charge < -0.3 is 15.4 Å². The van der Waals surface area contributed by atoms with E-state index in [1.54, 1.807) is 0 Å². The van der Waals surface area contributed by atoms with Crippen LogP contribution in [0.5, 0.6) is 0 Å². The van der Waals surface area contributed by atoms with Crippen LogP contribution in [0.15, 0.2) is 0 Å². The molecule has 4 fully saturated rings. The normalized spacial score (nSPS) is 32.5. The molecule has 4 aliphatic rings. The average molecular weight is 436 g/mol. The molecular weight excluding hydrogens is 397 g/mol. The first-order chi connectivity index (χ1) is 12.7. The number of fused-ring (bicyclic) bond motifs is 1. The van der Waals surface area contributed by atoms with Crippen molar-refractivity contribution in [3.63, 3.8) is 0 Å². The second-order valence-corrected chi connectivity index (χ2v) is 9.27. The topological polar surface area (TPSA) is 53.6 Å². The lowest BCUT2D eigenvalue weighted by molar-refractivity contribution is -0.123. The minimum absolute atomic E-state index is 0. The van der Waals surface area contributed by atoms with Crippen molar-refractivity contribution < 1.29 is 9.53 Å². The quantitative estimate of drug-likeness (QED) is 0.695. The molecule has 1 amide bonds. The Morgan fingerprint density at radius 2 is 1.75 bits per heavy atom. The molecule has 2 aliphatic carbocycles. The molecule has 3 atom stereocenters. The lowest BCUT2D eigenvalue weighted by Gasteiger charge is -2.42. The smallest absolute Gasteiger partial charge is 0.237 e. The summed E-state index contributed by atoms with van der Waals surface area (Å²) in [5.74, 6) is 0.989. The van der Waals surface area contributed by atoms with Gasteiger partial charge in [0.2, 0.25) is 5.91 Å². The maximum atomic E-state index is 12.9. The molecule has 0 radical (unpaired) electrons. The molecule has 4 rings (SSSR count). The fourth-order valence-electron chi connectivity index (χ4n) is 5.85. The van der Waals surface area contributed by atoms with Gasteiger partial charge in [-0.15, -0.1) is 24.8 Å². The standard InChI is InChI=1S/C21H37N3O2.2ClH/c25-20(19-14-17-6-2-3-7-18(17)23-19)22-15-21(8-4-1-5-9-21)16-24-10-12-26-13-11-24;;/h17-19,23H,1-16H2,(H,22,25);2*1H. The molecule has 0 aromatic heterocycles. The molecule has 2 saturated carbocycles. The number of halogens is 2. The van der Waals surface area contributed by atoms with Gasteiger partial charge in [0, 0.05) is 37.6 Å². The second-order valence-electron chi connectivity index (χ2n) is 9.27. The van der Waals surface area contributed by atoms with Crippen molar-refractivity contribution >= 4 is 30.7 Å². The maximum absolute atomic E-state index is 12.9. The molecule has 5 nitrogen and oxygen atoms in total. The van der Waals surface area contributed by atoms with Crippen LogP contribution in [0.1, 0.15) is 64.2 Å². The molecular formula is C21H39Cl2N3O2. The molecule has 0 spiro atoms. The van der Waals surface area contributed by atoms with E-state index < -0.39 is 0 Å². The van der Waals surface area contributed by atoms with Crippen LogP contribution in [0.3, 0.4) is 0 Å². The number of nitrogens with zero attached hydrogens (tertiary/aromatic N) is 1. The van der Waals surface area contributed by atoms with Gasteiger partial charge in [-0.2, -0.15) is 0 Å². The lowest BCUT2D eigenvalue weighted by Crippen LogP contribution is -2.51. The summed E-state index contributed by atoms with van der Waals surface area (Å²) in [4.78, 5) is 15.4. The Bertz CT molecular complexity index is 468. The number of carbonyl (C=O) groups is 1. The van der Waals surface area contributed by atoms with Crippen molar-refractivity contribution in [2.45, 2.75) is 76.3 Å². The summed E-state index contributed by atoms with van der Waals surface area (Å²) >= 11 is 0. The zero-order chi connectivity index (χ0) is 17.8. The summed E-state index contributed by atoms with van der Waals surface area (Å²) in [7, 11) is 0. The first-order valence-corrected chi connectivity index (χ1v) is 11.1. The summed E-state index contributed by atoms with van der Waals surface area (Å²) in [5, 5.41) is 7.01. The number of ether oxygens (including phenoxy) is 1. The third-order valence-corrected chi connectivity index (χ3v) is 7.39. The van der Waals surface area contributed by atoms with Gasteiger partial charge in [0.15, 0.2) is 0 Å². The van der Waals surface area contributed by atoms with Gasteiger partial charge in [-0.1, -0.05) is 32.1 Å². The summed E-state index contributed by atoms with van der Waals surface area (Å²) in [5.41, 5.74) is 0.274. The Kier molecular flexibility index (Phi) is 9.82. The summed E-state index contributed by atoms with van der Waals surface area (Å²) < 4.78 is 5.51. The highest BCUT2D eigenvalue weighted by atomic mass is 35.5. The molecule has 2 saturated heterocycles. The molecule has 0 aromatic rings. The molecule has 7 heteroatoms. The largest absolute Gasteiger partial charge is 0.379 e. The number of rotatable bonds is 5. The van der Waals surface area contributed by atoms with E-state index in [0.717, 1.165) is 51.7 Å². The Hall–Kier alpha value is -0.0700. The molecule has 2 heterocycles. The zero-order valence-corrected chi connectivity index (χ0v) is 18.8. The van der Waals surface area contributed by atoms with E-state index in [0.29, 0.717) is 6.04 Å². The van der Waals surface area contributed by atoms with Crippen molar-refractivity contribution in [2.24, 2.45) is 11.3 Å². The molecule has 2 N–H and O–H groups in total. The third-order valence-electron chi connectivity index (χ3n) is 7.39. The van der Waals surface area contributed by atoms with Crippen LogP contribution in [0.25, 0.3) is 0 Å². The Balaban J connectivity index is 0.00000140. The zero-order valence-electron chi connectivity index (χ0n) is 17.1. The van der Waals surface area contributed by atoms with Gasteiger partial charge in [0.25, 0.3) is 0 Å². The van der Waals surface area contributed by atoms with Crippen molar-refractivity contribution in [2.75, 3.05) is 39.4 Å². The van der Waals surface area contributed by atoms with Crippen LogP contribution in [-0.2, 0) is 9.53 Å². The highest BCUT2D eigenvalue weighted by Crippen LogP contribution is 2.37. The minimum atomic E-state index is 0. The summed E-state index contributed by atoms with van der Waals surface area (Å²) in [6.45, 7) is 5.79. The van der Waals surface area contributed by atoms with Crippen LogP contribution >= 0.6 is 24.8 Å². The minimum Gasteiger partial charge on any atom is -0.379 e. The second kappa shape index (κ2) is 11.4. The monoisotopic (exact) mass is 435 g/mol. The Morgan fingerprint density at radius 1 is 1.04 bits per heavy atom. The molecule has 2 aliphatic heterocycles. The van der Waals surface area contributed by atoms with E-state index in [4.69, 9.17) is 4.74 Å². The summed E-state index contributed by atoms with van der Waals surface area (Å²) in [6, 6.07) is 0.642. The fourth-order valence-corrected chi connectivity index (χ4v) is 5.85. The first-order valence-electron chi connectivity index (χ1n) is 11.1. The van der Waals surface area contributed by atoms with Gasteiger partial charge in [0.05, 0.1) is 19.3 Å². The number of amides is 1. The molecule has 0 aromatic carbocycles. The number of carbonyl (C=O) groups excluding carboxylic acids is 1. The number of hydrogen-bond donors (Lipinski definition) is 2. The molecule has 28 heavy (non-hydrogen) atoms. The van der Waals surface area contributed by atoms with Gasteiger partial charge in [-0.25, -0.2) is 0 Å². The van der Waals surface area contributed by atoms with E-state index in [2.05, 4.69) is 15.5 Å². The van der Waals surface area contributed by atoms with Gasteiger partial charge in [0.1, 0.15) is 0 Å². The van der Waals surface area contributed by atoms with E-state index in [1.165, 1.54) is 57.8 Å². The SMILES string of the molecule is Cl.Cl.O=C(NCC1(CN2CCOCC2)CCCCC1)C1CC2CCCCC2N1. The maximum Gasteiger partial charge on any atom is 0.237 e. The van der Waals surface area contributed by atoms with Crippen molar-refractivity contribution in [1.29, 1.82) is 0 Å². The first kappa shape index (κ1) is 24.2. The predicted molar refractivity (Wildman–Crippen MR) is 118 cm³/mol. The van der Waals surface area contributed by atoms with E-state index in [-0.39, 0.29) is 42.2 Å². The van der Waals surface area contributed by atoms with Crippen LogP contribution in [0, 0.1) is 11.3 Å². The summed E-state index contributed by atoms with van der Waals surface area (Å²) in [6.07, 6.45) is 12.8. The van der Waals surface area contributed by atoms with E-state index >= 15 is 0 Å². The fraction of sp³-hybridized carbons (Fsp3) is 0.952. The van der Waals surface area contributed by atoms with Crippen LogP contribution in [-0.4, -0.2) is 62.3 Å². The van der Waals surface area contributed by atoms with Crippen LogP contribution < -0.4 is 10.6 Å². The lowest BCUT2D eigenvalue weighted by atomic mass is 9.73. The predicted octanol–water partition coefficient (Wildman–Crippen LogP) is 3.15. The highest BCUT2D eigenvalue weighted by molar-refractivity contribution is 5.85. The number of hydrogen-bond acceptors (Lipinski definition) is 4. The Morgan fingerprint density at radius 3 is 2.46 bits per heavy atom.